The van der Waals surface area contributed by atoms with Gasteiger partial charge in [0.05, 0.1) is 25.2 Å². The van der Waals surface area contributed by atoms with Gasteiger partial charge in [0.2, 0.25) is 5.91 Å². The number of para-hydroxylation sites is 1. The van der Waals surface area contributed by atoms with Crippen molar-refractivity contribution in [2.45, 2.75) is 31.4 Å². The first-order valence-electron chi connectivity index (χ1n) is 8.56. The maximum atomic E-state index is 12.6. The van der Waals surface area contributed by atoms with Gasteiger partial charge in [0, 0.05) is 20.0 Å². The zero-order chi connectivity index (χ0) is 17.4. The number of carbonyl (C=O) groups is 2. The molecule has 0 aliphatic carbocycles. The van der Waals surface area contributed by atoms with E-state index in [9.17, 15) is 9.59 Å². The first-order chi connectivity index (χ1) is 12.1. The summed E-state index contributed by atoms with van der Waals surface area (Å²) in [5.41, 5.74) is 1.21. The molecule has 2 aromatic rings. The molecule has 1 aromatic heterocycles. The molecule has 1 spiro atoms. The van der Waals surface area contributed by atoms with Gasteiger partial charge in [-0.3, -0.25) is 4.79 Å². The van der Waals surface area contributed by atoms with Crippen molar-refractivity contribution in [3.63, 3.8) is 0 Å². The van der Waals surface area contributed by atoms with E-state index >= 15 is 0 Å². The van der Waals surface area contributed by atoms with Crippen LogP contribution in [0.3, 0.4) is 0 Å². The molecule has 0 saturated carbocycles. The number of hydrogen-bond acceptors (Lipinski definition) is 5. The van der Waals surface area contributed by atoms with E-state index in [1.807, 2.05) is 29.2 Å². The third-order valence-corrected chi connectivity index (χ3v) is 4.99. The maximum Gasteiger partial charge on any atom is 0.410 e. The molecule has 2 saturated heterocycles. The number of ether oxygens (including phenoxy) is 1. The monoisotopic (exact) mass is 343 g/mol. The number of aryl methyl sites for hydroxylation is 1. The van der Waals surface area contributed by atoms with Gasteiger partial charge in [0.25, 0.3) is 0 Å². The second-order valence-corrected chi connectivity index (χ2v) is 6.88. The van der Waals surface area contributed by atoms with Crippen LogP contribution >= 0.6 is 0 Å². The highest BCUT2D eigenvalue weighted by Crippen LogP contribution is 2.31. The Morgan fingerprint density at radius 3 is 2.96 bits per heavy atom. The first-order valence-corrected chi connectivity index (χ1v) is 8.56. The zero-order valence-corrected chi connectivity index (χ0v) is 14.2. The molecule has 1 aromatic carbocycles. The highest BCUT2D eigenvalue weighted by atomic mass is 16.6. The van der Waals surface area contributed by atoms with Crippen molar-refractivity contribution in [3.05, 3.63) is 24.3 Å². The summed E-state index contributed by atoms with van der Waals surface area (Å²) in [6.45, 7) is 2.21. The molecule has 3 heterocycles. The highest BCUT2D eigenvalue weighted by molar-refractivity contribution is 5.78. The predicted octanol–water partition coefficient (Wildman–Crippen LogP) is 1.26. The summed E-state index contributed by atoms with van der Waals surface area (Å²) >= 11 is 0. The van der Waals surface area contributed by atoms with Crippen LogP contribution in [-0.2, 0) is 16.1 Å². The molecular formula is C17H21N5O3. The van der Waals surface area contributed by atoms with Crippen molar-refractivity contribution < 1.29 is 14.3 Å². The van der Waals surface area contributed by atoms with Crippen LogP contribution in [0.5, 0.6) is 0 Å². The quantitative estimate of drug-likeness (QED) is 0.838. The van der Waals surface area contributed by atoms with Gasteiger partial charge in [-0.1, -0.05) is 17.3 Å². The lowest BCUT2D eigenvalue weighted by atomic mass is 9.92. The summed E-state index contributed by atoms with van der Waals surface area (Å²) in [5, 5.41) is 8.23. The number of aromatic nitrogens is 3. The third kappa shape index (κ3) is 2.92. The average Bonchev–Trinajstić information content (AvgIpc) is 3.14. The van der Waals surface area contributed by atoms with Crippen LogP contribution in [0.2, 0.25) is 0 Å². The van der Waals surface area contributed by atoms with Gasteiger partial charge >= 0.3 is 6.09 Å². The minimum atomic E-state index is -0.542. The fourth-order valence-electron chi connectivity index (χ4n) is 3.76. The fourth-order valence-corrected chi connectivity index (χ4v) is 3.76. The lowest BCUT2D eigenvalue weighted by Gasteiger charge is -2.38. The normalized spacial score (nSPS) is 23.5. The molecule has 2 aliphatic rings. The van der Waals surface area contributed by atoms with Gasteiger partial charge in [-0.2, -0.15) is 0 Å². The summed E-state index contributed by atoms with van der Waals surface area (Å²) < 4.78 is 7.32. The number of fused-ring (bicyclic) bond motifs is 1. The van der Waals surface area contributed by atoms with Crippen LogP contribution in [0.25, 0.3) is 11.0 Å². The van der Waals surface area contributed by atoms with Crippen molar-refractivity contribution in [1.82, 2.24) is 24.8 Å². The smallest absolute Gasteiger partial charge is 0.410 e. The molecular weight excluding hydrogens is 322 g/mol. The van der Waals surface area contributed by atoms with Crippen molar-refractivity contribution in [3.8, 4) is 0 Å². The number of likely N-dealkylation sites (tertiary alicyclic amines) is 1. The van der Waals surface area contributed by atoms with E-state index in [1.54, 1.807) is 16.6 Å². The van der Waals surface area contributed by atoms with Crippen molar-refractivity contribution >= 4 is 23.0 Å². The second kappa shape index (κ2) is 6.02. The molecule has 4 rings (SSSR count). The minimum Gasteiger partial charge on any atom is -0.439 e. The molecule has 2 aliphatic heterocycles. The predicted molar refractivity (Wildman–Crippen MR) is 89.8 cm³/mol. The molecule has 8 heteroatoms. The van der Waals surface area contributed by atoms with Gasteiger partial charge in [-0.15, -0.1) is 5.10 Å². The number of piperidine rings is 1. The summed E-state index contributed by atoms with van der Waals surface area (Å²) in [6, 6.07) is 7.70. The van der Waals surface area contributed by atoms with E-state index < -0.39 is 5.60 Å². The van der Waals surface area contributed by atoms with Crippen LogP contribution in [0.15, 0.2) is 24.3 Å². The molecule has 25 heavy (non-hydrogen) atoms. The van der Waals surface area contributed by atoms with Crippen molar-refractivity contribution in [1.29, 1.82) is 0 Å². The van der Waals surface area contributed by atoms with E-state index in [0.29, 0.717) is 32.6 Å². The van der Waals surface area contributed by atoms with E-state index in [4.69, 9.17) is 4.74 Å². The Labute approximate surface area is 145 Å². The minimum absolute atomic E-state index is 0.0595. The number of rotatable bonds is 3. The molecule has 1 atom stereocenters. The van der Waals surface area contributed by atoms with E-state index in [0.717, 1.165) is 23.9 Å². The number of benzene rings is 1. The van der Waals surface area contributed by atoms with Gasteiger partial charge in [0.15, 0.2) is 0 Å². The van der Waals surface area contributed by atoms with Crippen LogP contribution in [0.1, 0.15) is 19.3 Å². The summed E-state index contributed by atoms with van der Waals surface area (Å²) in [4.78, 5) is 27.7. The first kappa shape index (κ1) is 15.9. The largest absolute Gasteiger partial charge is 0.439 e. The molecule has 0 unspecified atom stereocenters. The number of carbonyl (C=O) groups excluding carboxylic acids is 2. The van der Waals surface area contributed by atoms with E-state index in [1.165, 1.54) is 0 Å². The van der Waals surface area contributed by atoms with E-state index in [-0.39, 0.29) is 12.0 Å². The Hall–Kier alpha value is -2.64. The average molecular weight is 343 g/mol. The molecule has 0 N–H and O–H groups in total. The summed E-state index contributed by atoms with van der Waals surface area (Å²) in [5.74, 6) is 0.0595. The fraction of sp³-hybridized carbons (Fsp3) is 0.529. The molecule has 132 valence electrons. The van der Waals surface area contributed by atoms with E-state index in [2.05, 4.69) is 10.3 Å². The maximum absolute atomic E-state index is 12.6. The standard InChI is InChI=1S/C17H21N5O3/c1-20-11-17(25-16(20)24)8-4-9-21(12-17)15(23)7-10-22-14-6-3-2-5-13(14)18-19-22/h2-3,5-6H,4,7-12H2,1H3/t17-/m1/s1. The van der Waals surface area contributed by atoms with Gasteiger partial charge in [-0.05, 0) is 25.0 Å². The highest BCUT2D eigenvalue weighted by Gasteiger charge is 2.47. The summed E-state index contributed by atoms with van der Waals surface area (Å²) in [6.07, 6.45) is 1.70. The molecule has 2 fully saturated rings. The van der Waals surface area contributed by atoms with Crippen LogP contribution in [-0.4, -0.2) is 69.1 Å². The number of nitrogens with zero attached hydrogens (tertiary/aromatic N) is 5. The van der Waals surface area contributed by atoms with Crippen molar-refractivity contribution in [2.75, 3.05) is 26.7 Å². The van der Waals surface area contributed by atoms with Crippen LogP contribution < -0.4 is 0 Å². The Kier molecular flexibility index (Phi) is 3.82. The second-order valence-electron chi connectivity index (χ2n) is 6.88. The van der Waals surface area contributed by atoms with Crippen LogP contribution in [0, 0.1) is 0 Å². The third-order valence-electron chi connectivity index (χ3n) is 4.99. The molecule has 8 nitrogen and oxygen atoms in total. The molecule has 0 bridgehead atoms. The Morgan fingerprint density at radius 1 is 1.32 bits per heavy atom. The van der Waals surface area contributed by atoms with Gasteiger partial charge in [-0.25, -0.2) is 9.48 Å². The Morgan fingerprint density at radius 2 is 2.16 bits per heavy atom. The zero-order valence-electron chi connectivity index (χ0n) is 14.2. The number of likely N-dealkylation sites (N-methyl/N-ethyl adjacent to an activating group) is 1. The Bertz CT molecular complexity index is 819. The lowest BCUT2D eigenvalue weighted by molar-refractivity contribution is -0.137. The SMILES string of the molecule is CN1C[C@@]2(CCCN(C(=O)CCn3nnc4ccccc43)C2)OC1=O. The molecule has 2 amide bonds. The number of hydrogen-bond donors (Lipinski definition) is 0. The lowest BCUT2D eigenvalue weighted by Crippen LogP contribution is -2.52. The molecule has 0 radical (unpaired) electrons. The van der Waals surface area contributed by atoms with Gasteiger partial charge < -0.3 is 14.5 Å². The Balaban J connectivity index is 1.40. The van der Waals surface area contributed by atoms with Crippen molar-refractivity contribution in [2.24, 2.45) is 0 Å². The van der Waals surface area contributed by atoms with Crippen LogP contribution in [0.4, 0.5) is 4.79 Å². The number of amides is 2. The van der Waals surface area contributed by atoms with Gasteiger partial charge in [0.1, 0.15) is 11.1 Å². The topological polar surface area (TPSA) is 80.6 Å². The summed E-state index contributed by atoms with van der Waals surface area (Å²) in [7, 11) is 1.73.